The second kappa shape index (κ2) is 8.96. The van der Waals surface area contributed by atoms with Gasteiger partial charge in [0.1, 0.15) is 5.76 Å². The molecule has 1 aliphatic heterocycles. The highest BCUT2D eigenvalue weighted by molar-refractivity contribution is 5.76. The second-order valence-corrected chi connectivity index (χ2v) is 7.09. The third-order valence-corrected chi connectivity index (χ3v) is 5.03. The molecule has 0 N–H and O–H groups in total. The molecule has 6 heteroatoms. The molecule has 0 unspecified atom stereocenters. The largest absolute Gasteiger partial charge is 0.467 e. The van der Waals surface area contributed by atoms with Gasteiger partial charge in [-0.2, -0.15) is 0 Å². The van der Waals surface area contributed by atoms with Crippen LogP contribution >= 0.6 is 0 Å². The predicted molar refractivity (Wildman–Crippen MR) is 100 cm³/mol. The maximum atomic E-state index is 12.9. The zero-order valence-corrected chi connectivity index (χ0v) is 15.7. The van der Waals surface area contributed by atoms with Crippen LogP contribution in [0.5, 0.6) is 0 Å². The fourth-order valence-corrected chi connectivity index (χ4v) is 3.39. The van der Waals surface area contributed by atoms with Crippen LogP contribution in [0.15, 0.2) is 47.2 Å². The Balaban J connectivity index is 1.58. The van der Waals surface area contributed by atoms with Crippen LogP contribution < -0.4 is 0 Å². The number of aromatic nitrogens is 1. The minimum atomic E-state index is 0.130. The fraction of sp³-hybridized carbons (Fsp3) is 0.500. The van der Waals surface area contributed by atoms with E-state index in [1.54, 1.807) is 12.5 Å². The van der Waals surface area contributed by atoms with Gasteiger partial charge in [0.25, 0.3) is 0 Å². The van der Waals surface area contributed by atoms with Crippen molar-refractivity contribution in [3.63, 3.8) is 0 Å². The number of furan rings is 1. The van der Waals surface area contributed by atoms with Crippen molar-refractivity contribution in [2.75, 3.05) is 33.7 Å². The highest BCUT2D eigenvalue weighted by Crippen LogP contribution is 2.14. The number of pyridine rings is 1. The van der Waals surface area contributed by atoms with Crippen LogP contribution in [-0.4, -0.2) is 65.4 Å². The summed E-state index contributed by atoms with van der Waals surface area (Å²) in [7, 11) is 4.27. The summed E-state index contributed by atoms with van der Waals surface area (Å²) in [6, 6.07) is 10.1. The number of carbonyl (C=O) groups is 1. The first-order valence-corrected chi connectivity index (χ1v) is 9.20. The molecule has 3 rings (SSSR count). The molecule has 1 saturated heterocycles. The molecule has 2 aromatic heterocycles. The smallest absolute Gasteiger partial charge is 0.224 e. The van der Waals surface area contributed by atoms with Gasteiger partial charge in [-0.25, -0.2) is 0 Å². The van der Waals surface area contributed by atoms with E-state index in [0.29, 0.717) is 25.6 Å². The van der Waals surface area contributed by atoms with Gasteiger partial charge in [0, 0.05) is 31.7 Å². The first-order chi connectivity index (χ1) is 12.6. The minimum absolute atomic E-state index is 0.130. The van der Waals surface area contributed by atoms with Crippen molar-refractivity contribution in [1.82, 2.24) is 19.7 Å². The van der Waals surface area contributed by atoms with Crippen molar-refractivity contribution in [2.24, 2.45) is 0 Å². The van der Waals surface area contributed by atoms with E-state index in [-0.39, 0.29) is 5.91 Å². The lowest BCUT2D eigenvalue weighted by molar-refractivity contribution is -0.133. The van der Waals surface area contributed by atoms with E-state index in [4.69, 9.17) is 4.42 Å². The molecule has 0 saturated carbocycles. The quantitative estimate of drug-likeness (QED) is 0.726. The summed E-state index contributed by atoms with van der Waals surface area (Å²) in [6.07, 6.45) is 5.08. The van der Waals surface area contributed by atoms with Crippen LogP contribution in [0, 0.1) is 0 Å². The van der Waals surface area contributed by atoms with Crippen LogP contribution in [0.25, 0.3) is 0 Å². The van der Waals surface area contributed by atoms with Crippen molar-refractivity contribution >= 4 is 5.91 Å². The summed E-state index contributed by atoms with van der Waals surface area (Å²) in [6.45, 7) is 3.95. The molecule has 2 aromatic rings. The molecular formula is C20H28N4O2. The number of hydrogen-bond donors (Lipinski definition) is 0. The van der Waals surface area contributed by atoms with Crippen molar-refractivity contribution < 1.29 is 9.21 Å². The molecule has 0 spiro atoms. The normalized spacial score (nSPS) is 17.7. The summed E-state index contributed by atoms with van der Waals surface area (Å²) in [5.41, 5.74) is 0.887. The Morgan fingerprint density at radius 1 is 1.31 bits per heavy atom. The highest BCUT2D eigenvalue weighted by Gasteiger charge is 2.24. The average molecular weight is 356 g/mol. The van der Waals surface area contributed by atoms with Gasteiger partial charge in [0.2, 0.25) is 5.91 Å². The molecular weight excluding hydrogens is 328 g/mol. The maximum absolute atomic E-state index is 12.9. The number of nitrogens with zero attached hydrogens (tertiary/aromatic N) is 4. The van der Waals surface area contributed by atoms with Crippen molar-refractivity contribution in [2.45, 2.75) is 32.0 Å². The molecule has 0 aliphatic carbocycles. The predicted octanol–water partition coefficient (Wildman–Crippen LogP) is 2.23. The molecule has 1 aliphatic rings. The monoisotopic (exact) mass is 356 g/mol. The third-order valence-electron chi connectivity index (χ3n) is 5.03. The number of likely N-dealkylation sites (tertiary alicyclic amines) is 1. The van der Waals surface area contributed by atoms with Crippen LogP contribution in [0.3, 0.4) is 0 Å². The summed E-state index contributed by atoms with van der Waals surface area (Å²) in [5, 5.41) is 0. The van der Waals surface area contributed by atoms with E-state index >= 15 is 0 Å². The van der Waals surface area contributed by atoms with E-state index in [1.807, 2.05) is 35.2 Å². The second-order valence-electron chi connectivity index (χ2n) is 7.09. The zero-order valence-electron chi connectivity index (χ0n) is 15.7. The molecule has 0 bridgehead atoms. The number of likely N-dealkylation sites (N-methyl/N-ethyl adjacent to an activating group) is 2. The Kier molecular flexibility index (Phi) is 6.41. The molecule has 26 heavy (non-hydrogen) atoms. The minimum Gasteiger partial charge on any atom is -0.467 e. The van der Waals surface area contributed by atoms with Gasteiger partial charge in [-0.15, -0.1) is 0 Å². The fourth-order valence-electron chi connectivity index (χ4n) is 3.39. The molecule has 140 valence electrons. The number of amides is 1. The standard InChI is InChI=1S/C20H28N4O2/c1-22-11-8-18(15-22)23(2)12-9-20(25)24(16-19-7-5-13-26-19)14-17-6-3-4-10-21-17/h3-7,10,13,18H,8-9,11-12,14-16H2,1-2H3/t18-/m1/s1. The molecule has 0 radical (unpaired) electrons. The van der Waals surface area contributed by atoms with Gasteiger partial charge in [-0.05, 0) is 51.3 Å². The van der Waals surface area contributed by atoms with E-state index < -0.39 is 0 Å². The van der Waals surface area contributed by atoms with Gasteiger partial charge in [-0.3, -0.25) is 9.78 Å². The number of carbonyl (C=O) groups excluding carboxylic acids is 1. The lowest BCUT2D eigenvalue weighted by Crippen LogP contribution is -2.38. The van der Waals surface area contributed by atoms with E-state index in [9.17, 15) is 4.79 Å². The Bertz CT molecular complexity index is 674. The van der Waals surface area contributed by atoms with Gasteiger partial charge in [-0.1, -0.05) is 6.07 Å². The summed E-state index contributed by atoms with van der Waals surface area (Å²) in [5.74, 6) is 0.922. The van der Waals surface area contributed by atoms with Crippen molar-refractivity contribution in [3.8, 4) is 0 Å². The van der Waals surface area contributed by atoms with Crippen LogP contribution in [0.1, 0.15) is 24.3 Å². The van der Waals surface area contributed by atoms with Gasteiger partial charge < -0.3 is 19.1 Å². The van der Waals surface area contributed by atoms with Crippen LogP contribution in [0.2, 0.25) is 0 Å². The summed E-state index contributed by atoms with van der Waals surface area (Å²) in [4.78, 5) is 23.7. The van der Waals surface area contributed by atoms with E-state index in [0.717, 1.165) is 31.1 Å². The lowest BCUT2D eigenvalue weighted by atomic mass is 10.2. The lowest BCUT2D eigenvalue weighted by Gasteiger charge is -2.26. The molecule has 6 nitrogen and oxygen atoms in total. The molecule has 0 aromatic carbocycles. The molecule has 1 atom stereocenters. The topological polar surface area (TPSA) is 52.8 Å². The maximum Gasteiger partial charge on any atom is 0.224 e. The van der Waals surface area contributed by atoms with Gasteiger partial charge >= 0.3 is 0 Å². The summed E-state index contributed by atoms with van der Waals surface area (Å²) < 4.78 is 5.44. The summed E-state index contributed by atoms with van der Waals surface area (Å²) >= 11 is 0. The Hall–Kier alpha value is -2.18. The van der Waals surface area contributed by atoms with Crippen LogP contribution in [-0.2, 0) is 17.9 Å². The molecule has 3 heterocycles. The molecule has 1 fully saturated rings. The zero-order chi connectivity index (χ0) is 18.4. The van der Waals surface area contributed by atoms with Crippen molar-refractivity contribution in [1.29, 1.82) is 0 Å². The Morgan fingerprint density at radius 3 is 2.85 bits per heavy atom. The Morgan fingerprint density at radius 2 is 2.19 bits per heavy atom. The van der Waals surface area contributed by atoms with Gasteiger partial charge in [0.15, 0.2) is 0 Å². The van der Waals surface area contributed by atoms with E-state index in [1.165, 1.54) is 6.42 Å². The Labute approximate surface area is 155 Å². The SMILES string of the molecule is CN1CC[C@@H](N(C)CCC(=O)N(Cc2ccccn2)Cc2ccco2)C1. The number of hydrogen-bond acceptors (Lipinski definition) is 5. The third kappa shape index (κ3) is 5.16. The van der Waals surface area contributed by atoms with Crippen LogP contribution in [0.4, 0.5) is 0 Å². The molecule has 1 amide bonds. The first-order valence-electron chi connectivity index (χ1n) is 9.20. The number of rotatable bonds is 8. The highest BCUT2D eigenvalue weighted by atomic mass is 16.3. The average Bonchev–Trinajstić information content (AvgIpc) is 3.31. The van der Waals surface area contributed by atoms with Gasteiger partial charge in [0.05, 0.1) is 25.0 Å². The van der Waals surface area contributed by atoms with Crippen molar-refractivity contribution in [3.05, 3.63) is 54.2 Å². The van der Waals surface area contributed by atoms with E-state index in [2.05, 4.69) is 28.9 Å². The first kappa shape index (κ1) is 18.6.